The van der Waals surface area contributed by atoms with E-state index in [1.54, 1.807) is 0 Å². The predicted molar refractivity (Wildman–Crippen MR) is 115 cm³/mol. The molecule has 4 heterocycles. The van der Waals surface area contributed by atoms with Crippen molar-refractivity contribution in [3.05, 3.63) is 42.5 Å². The van der Waals surface area contributed by atoms with Crippen LogP contribution in [0.1, 0.15) is 63.1 Å². The standard InChI is InChI=1S/C22H24FN7O3/c1-12(2)19-28-21(33-29-19)13-4-6-14(7-5-13)32-22-18-20(25-10-26-22)30(11-27-18)16-9-24-17(31-3)8-15(16)23/h8-14H,4-7H2,1-3H3. The predicted octanol–water partition coefficient (Wildman–Crippen LogP) is 3.97. The first-order valence-electron chi connectivity index (χ1n) is 10.9. The summed E-state index contributed by atoms with van der Waals surface area (Å²) in [5.41, 5.74) is 1.11. The minimum atomic E-state index is -0.498. The fourth-order valence-electron chi connectivity index (χ4n) is 4.00. The van der Waals surface area contributed by atoms with E-state index in [0.29, 0.717) is 22.9 Å². The zero-order valence-corrected chi connectivity index (χ0v) is 18.6. The van der Waals surface area contributed by atoms with E-state index < -0.39 is 5.82 Å². The second kappa shape index (κ2) is 8.72. The van der Waals surface area contributed by atoms with Gasteiger partial charge in [-0.3, -0.25) is 4.57 Å². The van der Waals surface area contributed by atoms with Gasteiger partial charge in [-0.1, -0.05) is 19.0 Å². The molecule has 1 saturated carbocycles. The topological polar surface area (TPSA) is 114 Å². The number of methoxy groups -OCH3 is 1. The highest BCUT2D eigenvalue weighted by molar-refractivity contribution is 5.77. The number of imidazole rings is 1. The average molecular weight is 453 g/mol. The molecular weight excluding hydrogens is 429 g/mol. The fourth-order valence-corrected chi connectivity index (χ4v) is 4.00. The zero-order valence-electron chi connectivity index (χ0n) is 18.6. The Morgan fingerprint density at radius 2 is 1.94 bits per heavy atom. The first kappa shape index (κ1) is 21.2. The molecule has 4 aromatic heterocycles. The molecule has 0 N–H and O–H groups in total. The summed E-state index contributed by atoms with van der Waals surface area (Å²) in [6.45, 7) is 4.09. The van der Waals surface area contributed by atoms with Crippen LogP contribution in [0.3, 0.4) is 0 Å². The second-order valence-electron chi connectivity index (χ2n) is 8.38. The fraction of sp³-hybridized carbons (Fsp3) is 0.455. The van der Waals surface area contributed by atoms with E-state index in [1.807, 2.05) is 13.8 Å². The number of halogens is 1. The molecule has 0 aliphatic heterocycles. The number of hydrogen-bond acceptors (Lipinski definition) is 9. The van der Waals surface area contributed by atoms with Crippen LogP contribution in [0.2, 0.25) is 0 Å². The van der Waals surface area contributed by atoms with Gasteiger partial charge in [0.15, 0.2) is 22.8 Å². The lowest BCUT2D eigenvalue weighted by Gasteiger charge is -2.26. The number of nitrogens with zero attached hydrogens (tertiary/aromatic N) is 7. The summed E-state index contributed by atoms with van der Waals surface area (Å²) in [6.07, 6.45) is 7.66. The average Bonchev–Trinajstić information content (AvgIpc) is 3.48. The Balaban J connectivity index is 1.31. The van der Waals surface area contributed by atoms with Gasteiger partial charge >= 0.3 is 0 Å². The number of ether oxygens (including phenoxy) is 2. The lowest BCUT2D eigenvalue weighted by atomic mass is 9.87. The highest BCUT2D eigenvalue weighted by Crippen LogP contribution is 2.35. The molecule has 1 aliphatic carbocycles. The Morgan fingerprint density at radius 1 is 1.12 bits per heavy atom. The van der Waals surface area contributed by atoms with Gasteiger partial charge in [0.05, 0.1) is 13.3 Å². The van der Waals surface area contributed by atoms with Crippen molar-refractivity contribution in [2.75, 3.05) is 7.11 Å². The molecule has 10 nitrogen and oxygen atoms in total. The van der Waals surface area contributed by atoms with Crippen LogP contribution < -0.4 is 9.47 Å². The van der Waals surface area contributed by atoms with Crippen molar-refractivity contribution in [3.63, 3.8) is 0 Å². The molecule has 5 rings (SSSR count). The summed E-state index contributed by atoms with van der Waals surface area (Å²) in [5, 5.41) is 4.07. The first-order valence-corrected chi connectivity index (χ1v) is 10.9. The molecule has 4 aromatic rings. The summed E-state index contributed by atoms with van der Waals surface area (Å²) < 4.78 is 32.7. The van der Waals surface area contributed by atoms with Gasteiger partial charge < -0.3 is 14.0 Å². The zero-order chi connectivity index (χ0) is 22.9. The first-order chi connectivity index (χ1) is 16.0. The smallest absolute Gasteiger partial charge is 0.245 e. The Kier molecular flexibility index (Phi) is 5.61. The summed E-state index contributed by atoms with van der Waals surface area (Å²) >= 11 is 0. The van der Waals surface area contributed by atoms with E-state index >= 15 is 0 Å². The number of hydrogen-bond donors (Lipinski definition) is 0. The van der Waals surface area contributed by atoms with Crippen LogP contribution in [0.25, 0.3) is 16.9 Å². The third-order valence-electron chi connectivity index (χ3n) is 5.85. The molecule has 33 heavy (non-hydrogen) atoms. The van der Waals surface area contributed by atoms with Gasteiger partial charge in [0.25, 0.3) is 0 Å². The maximum absolute atomic E-state index is 14.6. The summed E-state index contributed by atoms with van der Waals surface area (Å²) in [7, 11) is 1.43. The third kappa shape index (κ3) is 4.10. The van der Waals surface area contributed by atoms with Crippen LogP contribution in [-0.4, -0.2) is 47.9 Å². The summed E-state index contributed by atoms with van der Waals surface area (Å²) in [5.74, 6) is 1.99. The van der Waals surface area contributed by atoms with E-state index in [9.17, 15) is 4.39 Å². The van der Waals surface area contributed by atoms with E-state index in [4.69, 9.17) is 14.0 Å². The molecule has 0 bridgehead atoms. The molecule has 0 spiro atoms. The maximum Gasteiger partial charge on any atom is 0.245 e. The van der Waals surface area contributed by atoms with Gasteiger partial charge in [-0.05, 0) is 25.7 Å². The lowest BCUT2D eigenvalue weighted by Crippen LogP contribution is -2.24. The minimum absolute atomic E-state index is 0.0172. The van der Waals surface area contributed by atoms with Crippen molar-refractivity contribution in [2.45, 2.75) is 57.5 Å². The molecule has 1 aliphatic rings. The third-order valence-corrected chi connectivity index (χ3v) is 5.85. The van der Waals surface area contributed by atoms with Gasteiger partial charge in [0, 0.05) is 17.9 Å². The SMILES string of the molecule is COc1cc(F)c(-n2cnc3c(OC4CCC(c5nc(C(C)C)no5)CC4)ncnc32)cn1. The van der Waals surface area contributed by atoms with Gasteiger partial charge in [-0.15, -0.1) is 0 Å². The highest BCUT2D eigenvalue weighted by Gasteiger charge is 2.29. The molecule has 0 aromatic carbocycles. The molecule has 172 valence electrons. The molecule has 1 fully saturated rings. The Hall–Kier alpha value is -3.63. The molecule has 11 heteroatoms. The summed E-state index contributed by atoms with van der Waals surface area (Å²) in [4.78, 5) is 21.6. The largest absolute Gasteiger partial charge is 0.481 e. The highest BCUT2D eigenvalue weighted by atomic mass is 19.1. The van der Waals surface area contributed by atoms with Crippen LogP contribution in [0, 0.1) is 5.82 Å². The Bertz CT molecular complexity index is 1260. The minimum Gasteiger partial charge on any atom is -0.481 e. The van der Waals surface area contributed by atoms with E-state index in [1.165, 1.54) is 36.6 Å². The van der Waals surface area contributed by atoms with Crippen molar-refractivity contribution in [3.8, 4) is 17.4 Å². The van der Waals surface area contributed by atoms with Crippen LogP contribution in [-0.2, 0) is 0 Å². The van der Waals surface area contributed by atoms with Gasteiger partial charge in [0.2, 0.25) is 17.7 Å². The van der Waals surface area contributed by atoms with Gasteiger partial charge in [-0.2, -0.15) is 9.97 Å². The Morgan fingerprint density at radius 3 is 2.64 bits per heavy atom. The number of aromatic nitrogens is 7. The normalized spacial score (nSPS) is 18.7. The van der Waals surface area contributed by atoms with Gasteiger partial charge in [-0.25, -0.2) is 19.3 Å². The van der Waals surface area contributed by atoms with Crippen molar-refractivity contribution < 1.29 is 18.4 Å². The van der Waals surface area contributed by atoms with Crippen molar-refractivity contribution in [2.24, 2.45) is 0 Å². The molecule has 0 unspecified atom stereocenters. The van der Waals surface area contributed by atoms with Crippen molar-refractivity contribution in [1.82, 2.24) is 34.6 Å². The second-order valence-corrected chi connectivity index (χ2v) is 8.38. The molecule has 0 amide bonds. The maximum atomic E-state index is 14.6. The van der Waals surface area contributed by atoms with Crippen molar-refractivity contribution in [1.29, 1.82) is 0 Å². The van der Waals surface area contributed by atoms with Crippen LogP contribution in [0.5, 0.6) is 11.8 Å². The number of pyridine rings is 1. The number of fused-ring (bicyclic) bond motifs is 1. The van der Waals surface area contributed by atoms with E-state index in [2.05, 4.69) is 30.1 Å². The molecular formula is C22H24FN7O3. The lowest BCUT2D eigenvalue weighted by molar-refractivity contribution is 0.135. The van der Waals surface area contributed by atoms with Crippen molar-refractivity contribution >= 4 is 11.2 Å². The van der Waals surface area contributed by atoms with Crippen LogP contribution in [0.4, 0.5) is 4.39 Å². The van der Waals surface area contributed by atoms with Crippen LogP contribution in [0.15, 0.2) is 29.4 Å². The summed E-state index contributed by atoms with van der Waals surface area (Å²) in [6, 6.07) is 1.21. The molecule has 0 saturated heterocycles. The van der Waals surface area contributed by atoms with E-state index in [0.717, 1.165) is 31.5 Å². The monoisotopic (exact) mass is 453 g/mol. The Labute approximate surface area is 189 Å². The van der Waals surface area contributed by atoms with Crippen LogP contribution >= 0.6 is 0 Å². The molecule has 0 atom stereocenters. The quantitative estimate of drug-likeness (QED) is 0.428. The van der Waals surface area contributed by atoms with Gasteiger partial charge in [0.1, 0.15) is 24.4 Å². The number of rotatable bonds is 6. The molecule has 0 radical (unpaired) electrons. The van der Waals surface area contributed by atoms with E-state index in [-0.39, 0.29) is 29.5 Å².